The van der Waals surface area contributed by atoms with E-state index in [1.807, 2.05) is 0 Å². The van der Waals surface area contributed by atoms with Gasteiger partial charge in [-0.05, 0) is 44.4 Å². The predicted octanol–water partition coefficient (Wildman–Crippen LogP) is 2.32. The highest BCUT2D eigenvalue weighted by Crippen LogP contribution is 2.52. The lowest BCUT2D eigenvalue weighted by Gasteiger charge is -2.28. The van der Waals surface area contributed by atoms with Crippen LogP contribution >= 0.6 is 12.6 Å². The number of fused-ring (bicyclic) bond motifs is 1. The summed E-state index contributed by atoms with van der Waals surface area (Å²) in [6.45, 7) is 3.16. The molecule has 1 heterocycles. The van der Waals surface area contributed by atoms with Crippen molar-refractivity contribution in [3.8, 4) is 11.5 Å². The molecular formula is C16H17F2NO5S. The van der Waals surface area contributed by atoms with Gasteiger partial charge in [0.05, 0.1) is 5.41 Å². The maximum Gasteiger partial charge on any atom is 0.586 e. The standard InChI is InChI=1S/C16H17F2NO5S/c1-14(2,25)11(12(20)21)19-13(22)15(5-6-15)8-3-4-9-10(7-8)24-16(17,18)23-9/h3-4,7,11,25H,5-6H2,1-2H3,(H,19,22)(H,20,21)/t11-/m1/s1. The third kappa shape index (κ3) is 3.24. The average Bonchev–Trinajstić information content (AvgIpc) is 3.20. The lowest BCUT2D eigenvalue weighted by atomic mass is 9.93. The van der Waals surface area contributed by atoms with Crippen LogP contribution in [0.2, 0.25) is 0 Å². The van der Waals surface area contributed by atoms with Crippen molar-refractivity contribution in [2.45, 2.75) is 49.2 Å². The van der Waals surface area contributed by atoms with Crippen LogP contribution in [-0.2, 0) is 15.0 Å². The van der Waals surface area contributed by atoms with Crippen LogP contribution in [0, 0.1) is 0 Å². The highest BCUT2D eigenvalue weighted by molar-refractivity contribution is 7.81. The first-order chi connectivity index (χ1) is 11.4. The number of alkyl halides is 2. The molecule has 9 heteroatoms. The average molecular weight is 373 g/mol. The van der Waals surface area contributed by atoms with E-state index in [9.17, 15) is 23.5 Å². The van der Waals surface area contributed by atoms with Crippen molar-refractivity contribution in [1.82, 2.24) is 5.32 Å². The number of carbonyl (C=O) groups excluding carboxylic acids is 1. The van der Waals surface area contributed by atoms with Gasteiger partial charge in [0.15, 0.2) is 11.5 Å². The fourth-order valence-electron chi connectivity index (χ4n) is 2.83. The Hall–Kier alpha value is -2.03. The minimum atomic E-state index is -3.73. The molecule has 2 N–H and O–H groups in total. The summed E-state index contributed by atoms with van der Waals surface area (Å²) in [4.78, 5) is 24.1. The number of carboxylic acid groups (broad SMARTS) is 1. The molecule has 1 atom stereocenters. The molecule has 0 unspecified atom stereocenters. The Balaban J connectivity index is 1.84. The van der Waals surface area contributed by atoms with Crippen molar-refractivity contribution in [2.75, 3.05) is 0 Å². The zero-order chi connectivity index (χ0) is 18.6. The van der Waals surface area contributed by atoms with Gasteiger partial charge in [0, 0.05) is 4.75 Å². The van der Waals surface area contributed by atoms with Crippen LogP contribution in [0.4, 0.5) is 8.78 Å². The van der Waals surface area contributed by atoms with Gasteiger partial charge in [-0.15, -0.1) is 8.78 Å². The Kier molecular flexibility index (Phi) is 3.90. The van der Waals surface area contributed by atoms with E-state index in [1.54, 1.807) is 13.8 Å². The summed E-state index contributed by atoms with van der Waals surface area (Å²) in [5, 5.41) is 11.8. The fourth-order valence-corrected chi connectivity index (χ4v) is 3.00. The molecule has 2 aliphatic rings. The number of amides is 1. The number of ether oxygens (including phenoxy) is 2. The Morgan fingerprint density at radius 2 is 1.88 bits per heavy atom. The van der Waals surface area contributed by atoms with Crippen LogP contribution in [0.3, 0.4) is 0 Å². The molecule has 0 aromatic heterocycles. The molecule has 0 saturated heterocycles. The first-order valence-corrected chi connectivity index (χ1v) is 8.06. The highest BCUT2D eigenvalue weighted by Gasteiger charge is 2.54. The molecule has 6 nitrogen and oxygen atoms in total. The Morgan fingerprint density at radius 1 is 1.28 bits per heavy atom. The minimum Gasteiger partial charge on any atom is -0.480 e. The number of carboxylic acids is 1. The van der Waals surface area contributed by atoms with Crippen LogP contribution in [0.5, 0.6) is 11.5 Å². The minimum absolute atomic E-state index is 0.107. The molecule has 3 rings (SSSR count). The molecule has 1 saturated carbocycles. The molecule has 0 radical (unpaired) electrons. The number of hydrogen-bond acceptors (Lipinski definition) is 5. The van der Waals surface area contributed by atoms with E-state index < -0.39 is 34.4 Å². The van der Waals surface area contributed by atoms with E-state index in [4.69, 9.17) is 0 Å². The summed E-state index contributed by atoms with van der Waals surface area (Å²) in [5.41, 5.74) is -0.477. The molecular weight excluding hydrogens is 356 g/mol. The molecule has 25 heavy (non-hydrogen) atoms. The highest BCUT2D eigenvalue weighted by atomic mass is 32.1. The van der Waals surface area contributed by atoms with Gasteiger partial charge in [0.1, 0.15) is 6.04 Å². The van der Waals surface area contributed by atoms with E-state index >= 15 is 0 Å². The van der Waals surface area contributed by atoms with Gasteiger partial charge >= 0.3 is 12.3 Å². The van der Waals surface area contributed by atoms with Gasteiger partial charge in [0.2, 0.25) is 5.91 Å². The largest absolute Gasteiger partial charge is 0.586 e. The summed E-state index contributed by atoms with van der Waals surface area (Å²) < 4.78 is 34.0. The molecule has 1 aromatic carbocycles. The van der Waals surface area contributed by atoms with Crippen molar-refractivity contribution in [1.29, 1.82) is 0 Å². The Labute approximate surface area is 147 Å². The summed E-state index contributed by atoms with van der Waals surface area (Å²) in [6.07, 6.45) is -2.77. The molecule has 136 valence electrons. The van der Waals surface area contributed by atoms with Crippen LogP contribution < -0.4 is 14.8 Å². The predicted molar refractivity (Wildman–Crippen MR) is 86.2 cm³/mol. The molecule has 1 aliphatic heterocycles. The van der Waals surface area contributed by atoms with Crippen LogP contribution in [0.15, 0.2) is 18.2 Å². The summed E-state index contributed by atoms with van der Waals surface area (Å²) >= 11 is 4.22. The monoisotopic (exact) mass is 373 g/mol. The number of halogens is 2. The van der Waals surface area contributed by atoms with Crippen molar-refractivity contribution in [3.05, 3.63) is 23.8 Å². The third-order valence-corrected chi connectivity index (χ3v) is 4.63. The lowest BCUT2D eigenvalue weighted by molar-refractivity contribution is -0.286. The number of aliphatic carboxylic acids is 1. The number of thiol groups is 1. The van der Waals surface area contributed by atoms with Crippen LogP contribution in [-0.4, -0.2) is 34.1 Å². The first kappa shape index (κ1) is 17.8. The first-order valence-electron chi connectivity index (χ1n) is 7.61. The molecule has 1 aliphatic carbocycles. The normalized spacial score (nSPS) is 20.7. The summed E-state index contributed by atoms with van der Waals surface area (Å²) in [5.74, 6) is -1.93. The van der Waals surface area contributed by atoms with Crippen LogP contribution in [0.1, 0.15) is 32.3 Å². The second-order valence-electron chi connectivity index (χ2n) is 6.81. The fraction of sp³-hybridized carbons (Fsp3) is 0.500. The zero-order valence-electron chi connectivity index (χ0n) is 13.5. The van der Waals surface area contributed by atoms with Gasteiger partial charge in [-0.1, -0.05) is 6.07 Å². The molecule has 1 fully saturated rings. The van der Waals surface area contributed by atoms with E-state index in [1.165, 1.54) is 18.2 Å². The van der Waals surface area contributed by atoms with Gasteiger partial charge in [-0.3, -0.25) is 4.79 Å². The van der Waals surface area contributed by atoms with Crippen LogP contribution in [0.25, 0.3) is 0 Å². The summed E-state index contributed by atoms with van der Waals surface area (Å²) in [6, 6.07) is 2.97. The maximum atomic E-state index is 13.1. The second-order valence-corrected chi connectivity index (χ2v) is 7.96. The van der Waals surface area contributed by atoms with Crippen molar-refractivity contribution < 1.29 is 33.0 Å². The number of nitrogens with one attached hydrogen (secondary N) is 1. The maximum absolute atomic E-state index is 13.1. The van der Waals surface area contributed by atoms with E-state index in [0.29, 0.717) is 18.4 Å². The van der Waals surface area contributed by atoms with E-state index in [0.717, 1.165) is 0 Å². The van der Waals surface area contributed by atoms with Crippen molar-refractivity contribution in [2.24, 2.45) is 0 Å². The Morgan fingerprint density at radius 3 is 2.40 bits per heavy atom. The second kappa shape index (κ2) is 5.48. The van der Waals surface area contributed by atoms with Crippen molar-refractivity contribution in [3.63, 3.8) is 0 Å². The van der Waals surface area contributed by atoms with E-state index in [-0.39, 0.29) is 11.5 Å². The molecule has 0 spiro atoms. The lowest BCUT2D eigenvalue weighted by Crippen LogP contribution is -2.54. The smallest absolute Gasteiger partial charge is 0.480 e. The van der Waals surface area contributed by atoms with Gasteiger partial charge in [-0.25, -0.2) is 4.79 Å². The number of benzene rings is 1. The molecule has 1 aromatic rings. The number of hydrogen-bond donors (Lipinski definition) is 3. The van der Waals surface area contributed by atoms with Crippen molar-refractivity contribution >= 4 is 24.5 Å². The van der Waals surface area contributed by atoms with Gasteiger partial charge in [-0.2, -0.15) is 12.6 Å². The summed E-state index contributed by atoms with van der Waals surface area (Å²) in [7, 11) is 0. The topological polar surface area (TPSA) is 84.9 Å². The Bertz CT molecular complexity index is 743. The third-order valence-electron chi connectivity index (χ3n) is 4.37. The SMILES string of the molecule is CC(C)(S)[C@H](NC(=O)C1(c2ccc3c(c2)OC(F)(F)O3)CC1)C(=O)O. The molecule has 1 amide bonds. The molecule has 0 bridgehead atoms. The number of carbonyl (C=O) groups is 2. The number of rotatable bonds is 5. The zero-order valence-corrected chi connectivity index (χ0v) is 14.4. The quantitative estimate of drug-likeness (QED) is 0.690. The van der Waals surface area contributed by atoms with Gasteiger partial charge in [0.25, 0.3) is 0 Å². The van der Waals surface area contributed by atoms with Gasteiger partial charge < -0.3 is 19.9 Å². The van der Waals surface area contributed by atoms with E-state index in [2.05, 4.69) is 27.4 Å².